The van der Waals surface area contributed by atoms with Gasteiger partial charge in [-0.15, -0.1) is 0 Å². The molecule has 2 saturated heterocycles. The number of nitrogens with one attached hydrogen (secondary N) is 2. The van der Waals surface area contributed by atoms with E-state index in [1.54, 1.807) is 42.5 Å². The molecule has 2 fully saturated rings. The number of aryl methyl sites for hydroxylation is 1. The Kier molecular flexibility index (Phi) is 18.2. The minimum absolute atomic E-state index is 0.122. The van der Waals surface area contributed by atoms with Crippen molar-refractivity contribution in [1.82, 2.24) is 10.6 Å². The molecule has 4 aromatic carbocycles. The normalized spacial score (nSPS) is 20.2. The highest BCUT2D eigenvalue weighted by atomic mass is 19.4. The van der Waals surface area contributed by atoms with Gasteiger partial charge in [-0.05, 0) is 222 Å². The smallest absolute Gasteiger partial charge is 0.328 e. The highest BCUT2D eigenvalue weighted by Crippen LogP contribution is 2.57. The molecular weight excluding hydrogens is 999 g/mol. The fourth-order valence-electron chi connectivity index (χ4n) is 15.4. The van der Waals surface area contributed by atoms with Crippen molar-refractivity contribution in [3.63, 3.8) is 0 Å². The third kappa shape index (κ3) is 14.7. The summed E-state index contributed by atoms with van der Waals surface area (Å²) in [6, 6.07) is 24.9. The van der Waals surface area contributed by atoms with Gasteiger partial charge in [-0.3, -0.25) is 0 Å². The van der Waals surface area contributed by atoms with E-state index in [1.807, 2.05) is 12.1 Å². The van der Waals surface area contributed by atoms with Crippen LogP contribution in [0.4, 0.5) is 26.3 Å². The third-order valence-electron chi connectivity index (χ3n) is 19.3. The van der Waals surface area contributed by atoms with Crippen LogP contribution in [0.5, 0.6) is 0 Å². The molecule has 2 heterocycles. The molecule has 2 N–H and O–H groups in total. The Labute approximate surface area is 474 Å². The van der Waals surface area contributed by atoms with E-state index in [4.69, 9.17) is 0 Å². The fraction of sp³-hybridized carbons (Fsp3) is 0.652. The summed E-state index contributed by atoms with van der Waals surface area (Å²) in [7, 11) is 9.52. The van der Waals surface area contributed by atoms with Gasteiger partial charge in [0.15, 0.2) is 0 Å². The van der Waals surface area contributed by atoms with Gasteiger partial charge in [0.2, 0.25) is 0 Å². The van der Waals surface area contributed by atoms with Gasteiger partial charge in [-0.1, -0.05) is 103 Å². The van der Waals surface area contributed by atoms with E-state index in [0.29, 0.717) is 23.0 Å². The zero-order valence-electron chi connectivity index (χ0n) is 51.6. The Morgan fingerprint density at radius 3 is 1.24 bits per heavy atom. The number of hydrogen-bond donors (Lipinski definition) is 2. The number of halogens is 6. The highest BCUT2D eigenvalue weighted by molar-refractivity contribution is 5.82. The van der Waals surface area contributed by atoms with Crippen molar-refractivity contribution in [2.45, 2.75) is 224 Å². The van der Waals surface area contributed by atoms with E-state index in [9.17, 15) is 13.2 Å². The average Bonchev–Trinajstić information content (AvgIpc) is 3.77. The first kappa shape index (κ1) is 62.9. The molecule has 0 saturated carbocycles. The number of unbranched alkanes of at least 4 members (excludes halogenated alkanes) is 4. The lowest BCUT2D eigenvalue weighted by molar-refractivity contribution is -0.891. The molecule has 0 bridgehead atoms. The number of nitrogens with zero attached hydrogens (tertiary/aromatic N) is 2. The maximum Gasteiger partial charge on any atom is 0.402 e. The molecule has 10 heteroatoms. The Bertz CT molecular complexity index is 2590. The Morgan fingerprint density at radius 1 is 0.456 bits per heavy atom. The van der Waals surface area contributed by atoms with Gasteiger partial charge < -0.3 is 19.6 Å². The van der Waals surface area contributed by atoms with Crippen molar-refractivity contribution in [2.24, 2.45) is 11.8 Å². The summed E-state index contributed by atoms with van der Waals surface area (Å²) in [4.78, 5) is 0. The molecule has 0 aromatic heterocycles. The molecule has 4 nitrogen and oxygen atoms in total. The van der Waals surface area contributed by atoms with Crippen LogP contribution in [-0.4, -0.2) is 97.8 Å². The summed E-state index contributed by atoms with van der Waals surface area (Å²) in [5.74, 6) is 1.38. The number of quaternary nitrogens is 2. The molecular formula is C69H102F6N4+2. The average molecular weight is 1100 g/mol. The van der Waals surface area contributed by atoms with Gasteiger partial charge in [-0.2, -0.15) is 26.3 Å². The minimum atomic E-state index is -4.64. The van der Waals surface area contributed by atoms with E-state index in [0.717, 1.165) is 123 Å². The van der Waals surface area contributed by atoms with Gasteiger partial charge >= 0.3 is 12.4 Å². The van der Waals surface area contributed by atoms with Crippen LogP contribution in [0.25, 0.3) is 22.3 Å². The third-order valence-corrected chi connectivity index (χ3v) is 19.3. The quantitative estimate of drug-likeness (QED) is 0.0466. The molecule has 1 aliphatic carbocycles. The number of hydrogen-bond acceptors (Lipinski definition) is 2. The number of rotatable bonds is 22. The van der Waals surface area contributed by atoms with Crippen molar-refractivity contribution >= 4 is 0 Å². The van der Waals surface area contributed by atoms with Gasteiger partial charge in [0.1, 0.15) is 5.41 Å². The molecule has 79 heavy (non-hydrogen) atoms. The summed E-state index contributed by atoms with van der Waals surface area (Å²) in [5.41, 5.74) is 3.05. The molecule has 1 unspecified atom stereocenters. The van der Waals surface area contributed by atoms with E-state index in [1.165, 1.54) is 63.1 Å². The Balaban J connectivity index is 1.15. The summed E-state index contributed by atoms with van der Waals surface area (Å²) in [5, 5.41) is 7.70. The maximum absolute atomic E-state index is 16.1. The van der Waals surface area contributed by atoms with Crippen molar-refractivity contribution in [2.75, 3.05) is 54.4 Å². The second-order valence-electron chi connectivity index (χ2n) is 30.1. The molecule has 3 aliphatic rings. The highest BCUT2D eigenvalue weighted by Gasteiger charge is 2.55. The first-order valence-corrected chi connectivity index (χ1v) is 30.1. The lowest BCUT2D eigenvalue weighted by atomic mass is 9.68. The van der Waals surface area contributed by atoms with Gasteiger partial charge in [0, 0.05) is 27.6 Å². The number of benzene rings is 4. The van der Waals surface area contributed by atoms with Crippen LogP contribution in [-0.2, 0) is 16.2 Å². The molecule has 4 aromatic rings. The SMILES string of the molecule is Cc1ccc2c(c1)C(CCCCC[N+](C)(C)CCC1CC(C)(C)NC(C)(C)C1)(CCCCC[N+](C)(C)CCC1CC(C)(C)NC(C)(C)C1)c1cc(C(C)(c3ccc(-c4ccc(C(C)(C)C(F)(F)F)cc4)cc3)C(F)(F)F)ccc1-2. The predicted molar refractivity (Wildman–Crippen MR) is 319 cm³/mol. The maximum atomic E-state index is 16.1. The van der Waals surface area contributed by atoms with Gasteiger partial charge in [-0.25, -0.2) is 0 Å². The molecule has 438 valence electrons. The van der Waals surface area contributed by atoms with Gasteiger partial charge in [0.05, 0.1) is 59.8 Å². The van der Waals surface area contributed by atoms with Gasteiger partial charge in [0.25, 0.3) is 0 Å². The zero-order chi connectivity index (χ0) is 58.5. The zero-order valence-corrected chi connectivity index (χ0v) is 51.6. The first-order valence-electron chi connectivity index (χ1n) is 30.1. The van der Waals surface area contributed by atoms with Crippen molar-refractivity contribution in [3.05, 3.63) is 118 Å². The fourth-order valence-corrected chi connectivity index (χ4v) is 15.4. The van der Waals surface area contributed by atoms with Crippen molar-refractivity contribution < 1.29 is 35.3 Å². The summed E-state index contributed by atoms with van der Waals surface area (Å²) in [6.07, 6.45) is 6.11. The molecule has 1 atom stereocenters. The van der Waals surface area contributed by atoms with Crippen molar-refractivity contribution in [1.29, 1.82) is 0 Å². The van der Waals surface area contributed by atoms with Crippen LogP contribution in [0.15, 0.2) is 84.9 Å². The standard InChI is InChI=1S/C69H102F6N4/c1-49-23-33-57-58-34-32-56(66(12,69(73,74)75)55-30-26-53(27-31-55)52-24-28-54(29-25-52)65(10,11)68(70,71)72)44-60(58)67(59(57)43-49,37-19-17-21-39-78(13,14)41-35-50-45-61(2,3)76-62(4,5)46-50)38-20-18-22-40-79(15,16)42-36-51-47-63(6,7)77-64(8,9)48-51/h23-34,43-44,50-51,76-77H,17-22,35-42,45-48H2,1-16H3/q+2. The van der Waals surface area contributed by atoms with Crippen LogP contribution in [0, 0.1) is 18.8 Å². The molecule has 0 spiro atoms. The molecule has 0 amide bonds. The van der Waals surface area contributed by atoms with Crippen LogP contribution in [0.1, 0.15) is 199 Å². The Hall–Kier alpha value is -3.70. The van der Waals surface area contributed by atoms with E-state index in [-0.39, 0.29) is 38.8 Å². The van der Waals surface area contributed by atoms with Crippen molar-refractivity contribution in [3.8, 4) is 22.3 Å². The molecule has 7 rings (SSSR count). The lowest BCUT2D eigenvalue weighted by Crippen LogP contribution is -2.58. The second kappa shape index (κ2) is 22.8. The Morgan fingerprint density at radius 2 is 0.835 bits per heavy atom. The topological polar surface area (TPSA) is 24.1 Å². The minimum Gasteiger partial charge on any atom is -0.328 e. The van der Waals surface area contributed by atoms with Crippen LogP contribution in [0.2, 0.25) is 0 Å². The number of fused-ring (bicyclic) bond motifs is 3. The number of piperidine rings is 2. The van der Waals surface area contributed by atoms with Crippen LogP contribution >= 0.6 is 0 Å². The largest absolute Gasteiger partial charge is 0.402 e. The van der Waals surface area contributed by atoms with E-state index >= 15 is 13.2 Å². The molecule has 0 radical (unpaired) electrons. The second-order valence-corrected chi connectivity index (χ2v) is 30.1. The monoisotopic (exact) mass is 1100 g/mol. The van der Waals surface area contributed by atoms with E-state index in [2.05, 4.69) is 119 Å². The number of alkyl halides is 6. The predicted octanol–water partition coefficient (Wildman–Crippen LogP) is 17.8. The summed E-state index contributed by atoms with van der Waals surface area (Å²) < 4.78 is 92.0. The summed E-state index contributed by atoms with van der Waals surface area (Å²) in [6.45, 7) is 28.9. The molecule has 2 aliphatic heterocycles. The first-order chi connectivity index (χ1) is 36.3. The summed E-state index contributed by atoms with van der Waals surface area (Å²) >= 11 is 0. The van der Waals surface area contributed by atoms with Crippen LogP contribution in [0.3, 0.4) is 0 Å². The van der Waals surface area contributed by atoms with E-state index < -0.39 is 28.6 Å². The van der Waals surface area contributed by atoms with Crippen LogP contribution < -0.4 is 10.6 Å². The lowest BCUT2D eigenvalue weighted by Gasteiger charge is -2.47.